The van der Waals surface area contributed by atoms with Gasteiger partial charge >= 0.3 is 0 Å². The summed E-state index contributed by atoms with van der Waals surface area (Å²) in [7, 11) is -3.40. The highest BCUT2D eigenvalue weighted by atomic mass is 79.9. The smallest absolute Gasteiger partial charge is 0.211 e. The van der Waals surface area contributed by atoms with E-state index < -0.39 is 10.0 Å². The Hall–Kier alpha value is -0.390. The molecule has 106 valence electrons. The van der Waals surface area contributed by atoms with Crippen LogP contribution in [0.15, 0.2) is 33.6 Å². The van der Waals surface area contributed by atoms with E-state index in [-0.39, 0.29) is 5.41 Å². The minimum Gasteiger partial charge on any atom is -0.211 e. The van der Waals surface area contributed by atoms with Crippen LogP contribution in [0.4, 0.5) is 0 Å². The Morgan fingerprint density at radius 1 is 1.26 bits per heavy atom. The van der Waals surface area contributed by atoms with Crippen LogP contribution in [-0.2, 0) is 10.0 Å². The van der Waals surface area contributed by atoms with Crippen molar-refractivity contribution in [2.45, 2.75) is 43.9 Å². The van der Waals surface area contributed by atoms with Crippen molar-refractivity contribution in [3.8, 4) is 0 Å². The fourth-order valence-corrected chi connectivity index (χ4v) is 4.36. The first-order chi connectivity index (χ1) is 8.91. The maximum Gasteiger partial charge on any atom is 0.240 e. The molecule has 0 saturated heterocycles. The molecule has 19 heavy (non-hydrogen) atoms. The molecule has 3 nitrogen and oxygen atoms in total. The SMILES string of the molecule is CC1(CNS(=O)(=O)c2cccc(Br)c2)CCCCC1. The molecule has 1 aliphatic carbocycles. The number of rotatable bonds is 4. The summed E-state index contributed by atoms with van der Waals surface area (Å²) < 4.78 is 28.0. The average Bonchev–Trinajstić information content (AvgIpc) is 2.38. The van der Waals surface area contributed by atoms with Crippen LogP contribution < -0.4 is 4.72 Å². The van der Waals surface area contributed by atoms with Gasteiger partial charge in [0.05, 0.1) is 4.90 Å². The lowest BCUT2D eigenvalue weighted by Crippen LogP contribution is -2.37. The van der Waals surface area contributed by atoms with Crippen molar-refractivity contribution in [2.24, 2.45) is 5.41 Å². The second-order valence-corrected chi connectivity index (χ2v) is 8.34. The summed E-state index contributed by atoms with van der Waals surface area (Å²) in [5.41, 5.74) is 0.108. The van der Waals surface area contributed by atoms with E-state index in [0.29, 0.717) is 11.4 Å². The average molecular weight is 346 g/mol. The van der Waals surface area contributed by atoms with E-state index in [0.717, 1.165) is 17.3 Å². The molecule has 0 atom stereocenters. The standard InChI is InChI=1S/C14H20BrNO2S/c1-14(8-3-2-4-9-14)11-16-19(17,18)13-7-5-6-12(15)10-13/h5-7,10,16H,2-4,8-9,11H2,1H3. The van der Waals surface area contributed by atoms with Gasteiger partial charge in [-0.15, -0.1) is 0 Å². The van der Waals surface area contributed by atoms with E-state index in [1.165, 1.54) is 19.3 Å². The van der Waals surface area contributed by atoms with E-state index in [4.69, 9.17) is 0 Å². The Labute approximate surface area is 124 Å². The molecule has 5 heteroatoms. The van der Waals surface area contributed by atoms with Crippen molar-refractivity contribution >= 4 is 26.0 Å². The molecule has 2 rings (SSSR count). The molecular formula is C14H20BrNO2S. The number of hydrogen-bond donors (Lipinski definition) is 1. The highest BCUT2D eigenvalue weighted by Gasteiger charge is 2.28. The third-order valence-electron chi connectivity index (χ3n) is 3.86. The minimum absolute atomic E-state index is 0.108. The van der Waals surface area contributed by atoms with Crippen LogP contribution in [0.2, 0.25) is 0 Å². The van der Waals surface area contributed by atoms with Crippen LogP contribution >= 0.6 is 15.9 Å². The lowest BCUT2D eigenvalue weighted by Gasteiger charge is -2.33. The number of sulfonamides is 1. The first kappa shape index (κ1) is 15.0. The van der Waals surface area contributed by atoms with Crippen LogP contribution in [-0.4, -0.2) is 15.0 Å². The van der Waals surface area contributed by atoms with Gasteiger partial charge in [-0.2, -0.15) is 0 Å². The molecule has 0 radical (unpaired) electrons. The van der Waals surface area contributed by atoms with Crippen LogP contribution in [0.5, 0.6) is 0 Å². The van der Waals surface area contributed by atoms with Crippen molar-refractivity contribution in [2.75, 3.05) is 6.54 Å². The number of benzene rings is 1. The zero-order valence-corrected chi connectivity index (χ0v) is 13.6. The topological polar surface area (TPSA) is 46.2 Å². The maximum absolute atomic E-state index is 12.2. The minimum atomic E-state index is -3.40. The van der Waals surface area contributed by atoms with Gasteiger partial charge in [-0.3, -0.25) is 0 Å². The molecule has 1 fully saturated rings. The zero-order chi connectivity index (χ0) is 13.9. The first-order valence-corrected chi connectivity index (χ1v) is 8.94. The van der Waals surface area contributed by atoms with E-state index in [1.54, 1.807) is 18.2 Å². The van der Waals surface area contributed by atoms with Crippen LogP contribution in [0.1, 0.15) is 39.0 Å². The Kier molecular flexibility index (Phi) is 4.69. The fraction of sp³-hybridized carbons (Fsp3) is 0.571. The quantitative estimate of drug-likeness (QED) is 0.904. The number of hydrogen-bond acceptors (Lipinski definition) is 2. The van der Waals surface area contributed by atoms with E-state index in [9.17, 15) is 8.42 Å². The monoisotopic (exact) mass is 345 g/mol. The maximum atomic E-state index is 12.2. The van der Waals surface area contributed by atoms with Crippen LogP contribution in [0.3, 0.4) is 0 Å². The summed E-state index contributed by atoms with van der Waals surface area (Å²) in [6.45, 7) is 2.71. The molecule has 0 aromatic heterocycles. The Bertz CT molecular complexity index is 536. The fourth-order valence-electron chi connectivity index (χ4n) is 2.57. The highest BCUT2D eigenvalue weighted by molar-refractivity contribution is 9.10. The van der Waals surface area contributed by atoms with Crippen molar-refractivity contribution in [3.63, 3.8) is 0 Å². The highest BCUT2D eigenvalue weighted by Crippen LogP contribution is 2.35. The second-order valence-electron chi connectivity index (χ2n) is 5.65. The molecule has 1 aliphatic rings. The van der Waals surface area contributed by atoms with Gasteiger partial charge in [-0.05, 0) is 36.5 Å². The van der Waals surface area contributed by atoms with Crippen LogP contribution in [0, 0.1) is 5.41 Å². The normalized spacial score (nSPS) is 19.3. The zero-order valence-electron chi connectivity index (χ0n) is 11.2. The summed E-state index contributed by atoms with van der Waals surface area (Å²) in [5.74, 6) is 0. The molecule has 0 heterocycles. The molecule has 1 aromatic rings. The Morgan fingerprint density at radius 2 is 1.95 bits per heavy atom. The molecule has 0 bridgehead atoms. The van der Waals surface area contributed by atoms with Gasteiger partial charge in [0, 0.05) is 11.0 Å². The molecule has 0 unspecified atom stereocenters. The van der Waals surface area contributed by atoms with Crippen molar-refractivity contribution in [1.29, 1.82) is 0 Å². The third-order valence-corrected chi connectivity index (χ3v) is 5.75. The summed E-state index contributed by atoms with van der Waals surface area (Å²) in [4.78, 5) is 0.321. The third kappa shape index (κ3) is 4.04. The molecular weight excluding hydrogens is 326 g/mol. The van der Waals surface area contributed by atoms with Gasteiger partial charge in [0.1, 0.15) is 0 Å². The van der Waals surface area contributed by atoms with Gasteiger partial charge in [-0.1, -0.05) is 48.2 Å². The molecule has 0 spiro atoms. The van der Waals surface area contributed by atoms with Gasteiger partial charge in [0.25, 0.3) is 0 Å². The predicted molar refractivity (Wildman–Crippen MR) is 80.5 cm³/mol. The molecule has 1 N–H and O–H groups in total. The predicted octanol–water partition coefficient (Wildman–Crippen LogP) is 3.70. The number of halogens is 1. The van der Waals surface area contributed by atoms with E-state index in [1.807, 2.05) is 6.07 Å². The first-order valence-electron chi connectivity index (χ1n) is 6.67. The van der Waals surface area contributed by atoms with Crippen molar-refractivity contribution < 1.29 is 8.42 Å². The summed E-state index contributed by atoms with van der Waals surface area (Å²) in [5, 5.41) is 0. The van der Waals surface area contributed by atoms with Crippen molar-refractivity contribution in [3.05, 3.63) is 28.7 Å². The van der Waals surface area contributed by atoms with Crippen molar-refractivity contribution in [1.82, 2.24) is 4.72 Å². The van der Waals surface area contributed by atoms with E-state index in [2.05, 4.69) is 27.6 Å². The molecule has 0 amide bonds. The van der Waals surface area contributed by atoms with Gasteiger partial charge in [-0.25, -0.2) is 13.1 Å². The van der Waals surface area contributed by atoms with Crippen LogP contribution in [0.25, 0.3) is 0 Å². The number of nitrogens with one attached hydrogen (secondary N) is 1. The second kappa shape index (κ2) is 5.94. The molecule has 1 saturated carbocycles. The summed E-state index contributed by atoms with van der Waals surface area (Å²) >= 11 is 3.30. The van der Waals surface area contributed by atoms with E-state index >= 15 is 0 Å². The lowest BCUT2D eigenvalue weighted by molar-refractivity contribution is 0.219. The Morgan fingerprint density at radius 3 is 2.58 bits per heavy atom. The Balaban J connectivity index is 2.05. The van der Waals surface area contributed by atoms with Gasteiger partial charge in [0.15, 0.2) is 0 Å². The largest absolute Gasteiger partial charge is 0.240 e. The lowest BCUT2D eigenvalue weighted by atomic mass is 9.76. The summed E-state index contributed by atoms with van der Waals surface area (Å²) in [6.07, 6.45) is 5.89. The molecule has 0 aliphatic heterocycles. The van der Waals surface area contributed by atoms with Gasteiger partial charge in [0.2, 0.25) is 10.0 Å². The van der Waals surface area contributed by atoms with Gasteiger partial charge < -0.3 is 0 Å². The summed E-state index contributed by atoms with van der Waals surface area (Å²) in [6, 6.07) is 6.81. The molecule has 1 aromatic carbocycles.